The van der Waals surface area contributed by atoms with E-state index >= 15 is 0 Å². The zero-order valence-electron chi connectivity index (χ0n) is 11.0. The number of hydrogen-bond acceptors (Lipinski definition) is 4. The van der Waals surface area contributed by atoms with Crippen LogP contribution in [-0.2, 0) is 0 Å². The average molecular weight is 324 g/mol. The van der Waals surface area contributed by atoms with Gasteiger partial charge in [-0.3, -0.25) is 0 Å². The summed E-state index contributed by atoms with van der Waals surface area (Å²) in [4.78, 5) is 6.71. The van der Waals surface area contributed by atoms with Gasteiger partial charge in [0.15, 0.2) is 5.65 Å². The van der Waals surface area contributed by atoms with E-state index in [1.54, 1.807) is 0 Å². The van der Waals surface area contributed by atoms with Crippen LogP contribution < -0.4 is 10.2 Å². The Morgan fingerprint density at radius 3 is 3.16 bits per heavy atom. The third-order valence-corrected chi connectivity index (χ3v) is 4.17. The van der Waals surface area contributed by atoms with Crippen molar-refractivity contribution in [1.82, 2.24) is 19.9 Å². The maximum Gasteiger partial charge on any atom is 0.245 e. The molecule has 1 N–H and O–H groups in total. The molecule has 6 heteroatoms. The van der Waals surface area contributed by atoms with Gasteiger partial charge in [0.2, 0.25) is 5.95 Å². The molecule has 5 nitrogen and oxygen atoms in total. The van der Waals surface area contributed by atoms with Crippen molar-refractivity contribution in [2.75, 3.05) is 25.0 Å². The van der Waals surface area contributed by atoms with E-state index in [-0.39, 0.29) is 0 Å². The Morgan fingerprint density at radius 1 is 1.53 bits per heavy atom. The van der Waals surface area contributed by atoms with E-state index in [1.807, 2.05) is 22.8 Å². The molecule has 0 aromatic carbocycles. The molecule has 2 aromatic rings. The van der Waals surface area contributed by atoms with Gasteiger partial charge in [-0.2, -0.15) is 4.98 Å². The molecule has 2 aromatic heterocycles. The molecule has 0 amide bonds. The van der Waals surface area contributed by atoms with Gasteiger partial charge in [-0.05, 0) is 47.4 Å². The lowest BCUT2D eigenvalue weighted by Gasteiger charge is -2.27. The smallest absolute Gasteiger partial charge is 0.245 e. The fourth-order valence-corrected chi connectivity index (χ4v) is 2.94. The van der Waals surface area contributed by atoms with Gasteiger partial charge in [-0.25, -0.2) is 4.52 Å². The van der Waals surface area contributed by atoms with E-state index in [2.05, 4.69) is 43.3 Å². The van der Waals surface area contributed by atoms with Crippen LogP contribution in [0.2, 0.25) is 0 Å². The number of anilines is 1. The predicted octanol–water partition coefficient (Wildman–Crippen LogP) is 2.07. The molecule has 0 bridgehead atoms. The molecule has 0 spiro atoms. The summed E-state index contributed by atoms with van der Waals surface area (Å²) in [5.41, 5.74) is 0.862. The number of aromatic nitrogens is 3. The fourth-order valence-electron chi connectivity index (χ4n) is 2.52. The van der Waals surface area contributed by atoms with Gasteiger partial charge in [-0.15, -0.1) is 5.10 Å². The van der Waals surface area contributed by atoms with Crippen molar-refractivity contribution in [3.05, 3.63) is 22.8 Å². The molecule has 0 aliphatic carbocycles. The summed E-state index contributed by atoms with van der Waals surface area (Å²) in [5, 5.41) is 8.06. The molecule has 0 radical (unpaired) electrons. The number of fused-ring (bicyclic) bond motifs is 1. The number of nitrogens with one attached hydrogen (secondary N) is 1. The summed E-state index contributed by atoms with van der Waals surface area (Å²) in [6.45, 7) is 2.08. The van der Waals surface area contributed by atoms with E-state index < -0.39 is 0 Å². The maximum atomic E-state index is 4.58. The van der Waals surface area contributed by atoms with Crippen molar-refractivity contribution in [2.24, 2.45) is 0 Å². The van der Waals surface area contributed by atoms with Crippen molar-refractivity contribution in [3.8, 4) is 0 Å². The zero-order chi connectivity index (χ0) is 13.2. The molecule has 1 aliphatic heterocycles. The van der Waals surface area contributed by atoms with E-state index in [0.717, 1.165) is 29.2 Å². The fraction of sp³-hybridized carbons (Fsp3) is 0.538. The lowest BCUT2D eigenvalue weighted by atomic mass is 10.1. The van der Waals surface area contributed by atoms with Gasteiger partial charge < -0.3 is 10.2 Å². The first kappa shape index (κ1) is 12.9. The first-order valence-electron chi connectivity index (χ1n) is 6.69. The van der Waals surface area contributed by atoms with Gasteiger partial charge in [-0.1, -0.05) is 6.42 Å². The van der Waals surface area contributed by atoms with Crippen LogP contribution in [0.15, 0.2) is 22.8 Å². The number of likely N-dealkylation sites (N-methyl/N-ethyl adjacent to an activating group) is 1. The summed E-state index contributed by atoms with van der Waals surface area (Å²) in [7, 11) is 2.05. The average Bonchev–Trinajstić information content (AvgIpc) is 2.85. The third kappa shape index (κ3) is 2.74. The van der Waals surface area contributed by atoms with Gasteiger partial charge in [0, 0.05) is 25.8 Å². The number of halogens is 1. The second-order valence-electron chi connectivity index (χ2n) is 5.06. The quantitative estimate of drug-likeness (QED) is 0.939. The highest BCUT2D eigenvalue weighted by Gasteiger charge is 2.17. The van der Waals surface area contributed by atoms with E-state index in [1.165, 1.54) is 19.3 Å². The van der Waals surface area contributed by atoms with E-state index in [0.29, 0.717) is 6.04 Å². The highest BCUT2D eigenvalue weighted by atomic mass is 79.9. The first-order chi connectivity index (χ1) is 9.24. The molecule has 1 unspecified atom stereocenters. The van der Waals surface area contributed by atoms with Crippen molar-refractivity contribution >= 4 is 27.5 Å². The number of hydrogen-bond donors (Lipinski definition) is 1. The largest absolute Gasteiger partial charge is 0.341 e. The highest BCUT2D eigenvalue weighted by molar-refractivity contribution is 9.10. The standard InChI is InChI=1S/C13H18BrN5/c1-18(9-10-5-2-3-7-15-10)13-16-12-11(14)6-4-8-19(12)17-13/h4,6,8,10,15H,2-3,5,7,9H2,1H3. The molecule has 0 saturated carbocycles. The third-order valence-electron chi connectivity index (χ3n) is 3.55. The number of nitrogens with zero attached hydrogens (tertiary/aromatic N) is 4. The van der Waals surface area contributed by atoms with Crippen LogP contribution in [0.5, 0.6) is 0 Å². The van der Waals surface area contributed by atoms with E-state index in [4.69, 9.17) is 0 Å². The Hall–Kier alpha value is -1.14. The summed E-state index contributed by atoms with van der Waals surface area (Å²) in [5.74, 6) is 0.777. The molecule has 102 valence electrons. The van der Waals surface area contributed by atoms with Crippen LogP contribution in [-0.4, -0.2) is 40.8 Å². The van der Waals surface area contributed by atoms with Crippen LogP contribution >= 0.6 is 15.9 Å². The number of piperidine rings is 1. The predicted molar refractivity (Wildman–Crippen MR) is 79.6 cm³/mol. The van der Waals surface area contributed by atoms with E-state index in [9.17, 15) is 0 Å². The molecule has 1 fully saturated rings. The Kier molecular flexibility index (Phi) is 3.70. The topological polar surface area (TPSA) is 45.5 Å². The normalized spacial score (nSPS) is 19.8. The minimum Gasteiger partial charge on any atom is -0.341 e. The lowest BCUT2D eigenvalue weighted by Crippen LogP contribution is -2.42. The number of rotatable bonds is 3. The van der Waals surface area contributed by atoms with Gasteiger partial charge in [0.1, 0.15) is 0 Å². The minimum absolute atomic E-state index is 0.550. The summed E-state index contributed by atoms with van der Waals surface area (Å²) in [6, 6.07) is 4.49. The van der Waals surface area contributed by atoms with Crippen LogP contribution in [0.1, 0.15) is 19.3 Å². The van der Waals surface area contributed by atoms with Crippen LogP contribution in [0.4, 0.5) is 5.95 Å². The molecule has 3 heterocycles. The molecule has 3 rings (SSSR count). The second-order valence-corrected chi connectivity index (χ2v) is 5.92. The molecular formula is C13H18BrN5. The Morgan fingerprint density at radius 2 is 2.42 bits per heavy atom. The Balaban J connectivity index is 1.77. The minimum atomic E-state index is 0.550. The Labute approximate surface area is 121 Å². The zero-order valence-corrected chi connectivity index (χ0v) is 12.6. The number of pyridine rings is 1. The summed E-state index contributed by atoms with van der Waals surface area (Å²) >= 11 is 3.50. The Bertz CT molecular complexity index is 561. The van der Waals surface area contributed by atoms with Crippen LogP contribution in [0.25, 0.3) is 5.65 Å². The summed E-state index contributed by atoms with van der Waals surface area (Å²) < 4.78 is 2.78. The van der Waals surface area contributed by atoms with Crippen LogP contribution in [0.3, 0.4) is 0 Å². The summed E-state index contributed by atoms with van der Waals surface area (Å²) in [6.07, 6.45) is 5.76. The highest BCUT2D eigenvalue weighted by Crippen LogP contribution is 2.18. The first-order valence-corrected chi connectivity index (χ1v) is 7.49. The monoisotopic (exact) mass is 323 g/mol. The molecule has 1 atom stereocenters. The van der Waals surface area contributed by atoms with Gasteiger partial charge in [0.05, 0.1) is 4.47 Å². The SMILES string of the molecule is CN(CC1CCCCN1)c1nc2c(Br)cccn2n1. The second kappa shape index (κ2) is 5.46. The van der Waals surface area contributed by atoms with Crippen molar-refractivity contribution in [2.45, 2.75) is 25.3 Å². The van der Waals surface area contributed by atoms with Gasteiger partial charge >= 0.3 is 0 Å². The molecule has 1 saturated heterocycles. The maximum absolute atomic E-state index is 4.58. The lowest BCUT2D eigenvalue weighted by molar-refractivity contribution is 0.402. The van der Waals surface area contributed by atoms with Crippen molar-refractivity contribution in [1.29, 1.82) is 0 Å². The van der Waals surface area contributed by atoms with Crippen molar-refractivity contribution in [3.63, 3.8) is 0 Å². The molecule has 1 aliphatic rings. The molecular weight excluding hydrogens is 306 g/mol. The molecule has 19 heavy (non-hydrogen) atoms. The van der Waals surface area contributed by atoms with Crippen molar-refractivity contribution < 1.29 is 0 Å². The van der Waals surface area contributed by atoms with Gasteiger partial charge in [0.25, 0.3) is 0 Å². The van der Waals surface area contributed by atoms with Crippen LogP contribution in [0, 0.1) is 0 Å².